The molecule has 1 spiro atoms. The van der Waals surface area contributed by atoms with Crippen LogP contribution in [0.3, 0.4) is 0 Å². The second-order valence-corrected chi connectivity index (χ2v) is 9.12. The Morgan fingerprint density at radius 2 is 1.04 bits per heavy atom. The summed E-state index contributed by atoms with van der Waals surface area (Å²) in [5, 5.41) is 20.6. The molecular formula is C21H26N2O2. The summed E-state index contributed by atoms with van der Waals surface area (Å²) in [6, 6.07) is 7.50. The van der Waals surface area contributed by atoms with Crippen molar-refractivity contribution in [1.82, 2.24) is 0 Å². The third-order valence-corrected chi connectivity index (χ3v) is 6.31. The molecule has 2 aromatic rings. The van der Waals surface area contributed by atoms with E-state index in [1.807, 2.05) is 24.3 Å². The average molecular weight is 338 g/mol. The van der Waals surface area contributed by atoms with Crippen LogP contribution in [0.15, 0.2) is 24.3 Å². The molecule has 132 valence electrons. The third kappa shape index (κ3) is 1.94. The SMILES string of the molecule is CC1(C)CC2(CC(C)(C)c3cc(N)c(O)cc32)c2cc(O)c(N)cc21. The van der Waals surface area contributed by atoms with Gasteiger partial charge >= 0.3 is 0 Å². The Balaban J connectivity index is 2.07. The van der Waals surface area contributed by atoms with Crippen LogP contribution in [-0.2, 0) is 16.2 Å². The topological polar surface area (TPSA) is 92.5 Å². The van der Waals surface area contributed by atoms with E-state index >= 15 is 0 Å². The van der Waals surface area contributed by atoms with Gasteiger partial charge in [0, 0.05) is 5.41 Å². The van der Waals surface area contributed by atoms with Gasteiger partial charge in [-0.25, -0.2) is 0 Å². The van der Waals surface area contributed by atoms with Gasteiger partial charge in [-0.1, -0.05) is 27.7 Å². The van der Waals surface area contributed by atoms with E-state index in [9.17, 15) is 10.2 Å². The highest BCUT2D eigenvalue weighted by Gasteiger charge is 2.56. The van der Waals surface area contributed by atoms with Crippen molar-refractivity contribution < 1.29 is 10.2 Å². The Morgan fingerprint density at radius 1 is 0.680 bits per heavy atom. The predicted molar refractivity (Wildman–Crippen MR) is 101 cm³/mol. The summed E-state index contributed by atoms with van der Waals surface area (Å²) in [5.74, 6) is 0.253. The minimum Gasteiger partial charge on any atom is -0.506 e. The monoisotopic (exact) mass is 338 g/mol. The molecule has 0 heterocycles. The maximum Gasteiger partial charge on any atom is 0.138 e. The van der Waals surface area contributed by atoms with Crippen LogP contribution in [0, 0.1) is 0 Å². The standard InChI is InChI=1S/C21H26N2O2/c1-19(2)9-21(13-7-17(24)15(22)5-11(13)19)10-20(3,4)12-6-16(23)18(25)8-14(12)21/h5-8,24-25H,9-10,22-23H2,1-4H3. The minimum absolute atomic E-state index is 0.0636. The molecule has 0 aromatic heterocycles. The lowest BCUT2D eigenvalue weighted by Crippen LogP contribution is -2.26. The molecule has 6 N–H and O–H groups in total. The predicted octanol–water partition coefficient (Wildman–Crippen LogP) is 3.91. The Hall–Kier alpha value is -2.36. The normalized spacial score (nSPS) is 21.3. The van der Waals surface area contributed by atoms with Crippen LogP contribution in [0.5, 0.6) is 11.5 Å². The molecule has 0 fully saturated rings. The smallest absolute Gasteiger partial charge is 0.138 e. The van der Waals surface area contributed by atoms with Crippen molar-refractivity contribution in [1.29, 1.82) is 0 Å². The molecule has 0 saturated carbocycles. The molecule has 0 aliphatic heterocycles. The first kappa shape index (κ1) is 16.1. The largest absolute Gasteiger partial charge is 0.506 e. The molecule has 4 rings (SSSR count). The fraction of sp³-hybridized carbons (Fsp3) is 0.429. The molecule has 0 amide bonds. The first-order chi connectivity index (χ1) is 11.5. The van der Waals surface area contributed by atoms with Gasteiger partial charge in [-0.2, -0.15) is 0 Å². The van der Waals surface area contributed by atoms with Gasteiger partial charge < -0.3 is 21.7 Å². The van der Waals surface area contributed by atoms with Gasteiger partial charge in [-0.15, -0.1) is 0 Å². The lowest BCUT2D eigenvalue weighted by molar-refractivity contribution is 0.348. The Morgan fingerprint density at radius 3 is 1.40 bits per heavy atom. The number of phenolic OH excluding ortho intramolecular Hbond substituents is 2. The molecule has 4 nitrogen and oxygen atoms in total. The molecule has 0 atom stereocenters. The van der Waals surface area contributed by atoms with Crippen molar-refractivity contribution in [2.45, 2.75) is 56.8 Å². The zero-order valence-electron chi connectivity index (χ0n) is 15.3. The van der Waals surface area contributed by atoms with Crippen molar-refractivity contribution in [2.24, 2.45) is 0 Å². The minimum atomic E-state index is -0.242. The van der Waals surface area contributed by atoms with E-state index in [-0.39, 0.29) is 27.7 Å². The van der Waals surface area contributed by atoms with Crippen molar-refractivity contribution >= 4 is 11.4 Å². The van der Waals surface area contributed by atoms with E-state index < -0.39 is 0 Å². The van der Waals surface area contributed by atoms with Gasteiger partial charge in [0.25, 0.3) is 0 Å². The Labute approximate surface area is 148 Å². The number of phenols is 2. The number of hydrogen-bond donors (Lipinski definition) is 4. The molecular weight excluding hydrogens is 312 g/mol. The van der Waals surface area contributed by atoms with E-state index in [4.69, 9.17) is 11.5 Å². The maximum atomic E-state index is 10.3. The summed E-state index contributed by atoms with van der Waals surface area (Å²) in [7, 11) is 0. The molecule has 4 heteroatoms. The number of fused-ring (bicyclic) bond motifs is 4. The van der Waals surface area contributed by atoms with Gasteiger partial charge in [-0.05, 0) is 70.2 Å². The summed E-state index contributed by atoms with van der Waals surface area (Å²) >= 11 is 0. The van der Waals surface area contributed by atoms with E-state index in [1.165, 1.54) is 11.1 Å². The number of rotatable bonds is 0. The second-order valence-electron chi connectivity index (χ2n) is 9.12. The lowest BCUT2D eigenvalue weighted by atomic mass is 9.72. The molecule has 0 bridgehead atoms. The summed E-state index contributed by atoms with van der Waals surface area (Å²) in [6.07, 6.45) is 1.83. The van der Waals surface area contributed by atoms with Crippen molar-refractivity contribution in [2.75, 3.05) is 11.5 Å². The number of anilines is 2. The third-order valence-electron chi connectivity index (χ3n) is 6.31. The Bertz CT molecular complexity index is 837. The van der Waals surface area contributed by atoms with Crippen LogP contribution in [0.2, 0.25) is 0 Å². The van der Waals surface area contributed by atoms with Gasteiger partial charge in [0.2, 0.25) is 0 Å². The maximum absolute atomic E-state index is 10.3. The second kappa shape index (κ2) is 4.43. The van der Waals surface area contributed by atoms with Crippen LogP contribution < -0.4 is 11.5 Å². The molecule has 0 unspecified atom stereocenters. The number of nitrogens with two attached hydrogens (primary N) is 2. The summed E-state index contributed by atoms with van der Waals surface area (Å²) in [5.41, 5.74) is 17.1. The lowest BCUT2D eigenvalue weighted by Gasteiger charge is -2.30. The average Bonchev–Trinajstić information content (AvgIpc) is 2.82. The van der Waals surface area contributed by atoms with Crippen LogP contribution in [0.4, 0.5) is 11.4 Å². The molecule has 2 aliphatic rings. The highest BCUT2D eigenvalue weighted by atomic mass is 16.3. The molecule has 2 aromatic carbocycles. The van der Waals surface area contributed by atoms with Gasteiger partial charge in [0.05, 0.1) is 11.4 Å². The fourth-order valence-electron chi connectivity index (χ4n) is 5.41. The highest BCUT2D eigenvalue weighted by Crippen LogP contribution is 2.64. The summed E-state index contributed by atoms with van der Waals surface area (Å²) < 4.78 is 0. The number of benzene rings is 2. The van der Waals surface area contributed by atoms with Crippen LogP contribution in [-0.4, -0.2) is 10.2 Å². The van der Waals surface area contributed by atoms with Gasteiger partial charge in [-0.3, -0.25) is 0 Å². The van der Waals surface area contributed by atoms with E-state index in [0.717, 1.165) is 24.0 Å². The van der Waals surface area contributed by atoms with Gasteiger partial charge in [0.1, 0.15) is 11.5 Å². The number of aromatic hydroxyl groups is 2. The summed E-state index contributed by atoms with van der Waals surface area (Å²) in [4.78, 5) is 0. The van der Waals surface area contributed by atoms with Crippen LogP contribution in [0.1, 0.15) is 62.8 Å². The quantitative estimate of drug-likeness (QED) is 0.433. The summed E-state index contributed by atoms with van der Waals surface area (Å²) in [6.45, 7) is 8.89. The fourth-order valence-corrected chi connectivity index (χ4v) is 5.41. The molecule has 25 heavy (non-hydrogen) atoms. The van der Waals surface area contributed by atoms with E-state index in [0.29, 0.717) is 11.4 Å². The van der Waals surface area contributed by atoms with Gasteiger partial charge in [0.15, 0.2) is 0 Å². The zero-order valence-corrected chi connectivity index (χ0v) is 15.3. The molecule has 0 radical (unpaired) electrons. The van der Waals surface area contributed by atoms with E-state index in [2.05, 4.69) is 27.7 Å². The van der Waals surface area contributed by atoms with Crippen molar-refractivity contribution in [3.63, 3.8) is 0 Å². The molecule has 0 saturated heterocycles. The molecule has 2 aliphatic carbocycles. The first-order valence-electron chi connectivity index (χ1n) is 8.75. The zero-order chi connectivity index (χ0) is 18.4. The number of hydrogen-bond acceptors (Lipinski definition) is 4. The van der Waals surface area contributed by atoms with Crippen LogP contribution >= 0.6 is 0 Å². The number of nitrogen functional groups attached to an aromatic ring is 2. The highest BCUT2D eigenvalue weighted by molar-refractivity contribution is 5.69. The van der Waals surface area contributed by atoms with Crippen molar-refractivity contribution in [3.05, 3.63) is 46.5 Å². The van der Waals surface area contributed by atoms with E-state index in [1.54, 1.807) is 0 Å². The van der Waals surface area contributed by atoms with Crippen LogP contribution in [0.25, 0.3) is 0 Å². The Kier molecular flexibility index (Phi) is 2.85. The first-order valence-corrected chi connectivity index (χ1v) is 8.75. The van der Waals surface area contributed by atoms with Crippen molar-refractivity contribution in [3.8, 4) is 11.5 Å².